The van der Waals surface area contributed by atoms with Gasteiger partial charge in [-0.3, -0.25) is 4.79 Å². The highest BCUT2D eigenvalue weighted by atomic mass is 32.2. The Morgan fingerprint density at radius 3 is 2.67 bits per heavy atom. The number of hydrogen-bond donors (Lipinski definition) is 0. The first-order chi connectivity index (χ1) is 16.1. The number of carbonyl (C=O) groups excluding carboxylic acids is 2. The van der Waals surface area contributed by atoms with Gasteiger partial charge >= 0.3 is 5.97 Å². The summed E-state index contributed by atoms with van der Waals surface area (Å²) in [6, 6.07) is 11.6. The first-order valence-corrected chi connectivity index (χ1v) is 12.3. The molecule has 2 aromatic heterocycles. The summed E-state index contributed by atoms with van der Waals surface area (Å²) in [6.07, 6.45) is 2.42. The minimum absolute atomic E-state index is 0.127. The number of carbonyl (C=O) groups is 2. The molecular formula is C24H29N5O3S. The van der Waals surface area contributed by atoms with Crippen molar-refractivity contribution in [1.82, 2.24) is 19.4 Å². The van der Waals surface area contributed by atoms with E-state index in [1.165, 1.54) is 11.8 Å². The number of para-hydroxylation sites is 2. The second-order valence-electron chi connectivity index (χ2n) is 7.76. The average molecular weight is 468 g/mol. The van der Waals surface area contributed by atoms with Crippen LogP contribution in [0.25, 0.3) is 11.0 Å². The minimum Gasteiger partial charge on any atom is -0.462 e. The number of nitrogens with zero attached hydrogens (tertiary/aromatic N) is 5. The van der Waals surface area contributed by atoms with E-state index in [2.05, 4.69) is 27.4 Å². The molecule has 0 radical (unpaired) electrons. The van der Waals surface area contributed by atoms with Crippen molar-refractivity contribution in [1.29, 1.82) is 0 Å². The maximum atomic E-state index is 12.9. The van der Waals surface area contributed by atoms with Gasteiger partial charge in [0.2, 0.25) is 5.91 Å². The van der Waals surface area contributed by atoms with Crippen molar-refractivity contribution in [2.45, 2.75) is 32.0 Å². The van der Waals surface area contributed by atoms with Crippen LogP contribution in [0.5, 0.6) is 0 Å². The van der Waals surface area contributed by atoms with Crippen molar-refractivity contribution in [3.63, 3.8) is 0 Å². The number of thioether (sulfide) groups is 1. The third kappa shape index (κ3) is 5.30. The average Bonchev–Trinajstić information content (AvgIpc) is 3.01. The van der Waals surface area contributed by atoms with Crippen molar-refractivity contribution < 1.29 is 14.3 Å². The summed E-state index contributed by atoms with van der Waals surface area (Å²) in [4.78, 5) is 38.0. The molecule has 0 unspecified atom stereocenters. The zero-order chi connectivity index (χ0) is 23.2. The Morgan fingerprint density at radius 2 is 1.91 bits per heavy atom. The fourth-order valence-electron chi connectivity index (χ4n) is 3.99. The van der Waals surface area contributed by atoms with Gasteiger partial charge < -0.3 is 19.1 Å². The number of pyridine rings is 1. The van der Waals surface area contributed by atoms with Gasteiger partial charge in [0, 0.05) is 38.9 Å². The molecule has 0 saturated carbocycles. The summed E-state index contributed by atoms with van der Waals surface area (Å²) in [6.45, 7) is 7.91. The Kier molecular flexibility index (Phi) is 7.49. The summed E-state index contributed by atoms with van der Waals surface area (Å²) in [5.74, 6) is 0.944. The molecule has 1 aliphatic rings. The minimum atomic E-state index is -0.363. The molecule has 4 rings (SSSR count). The SMILES string of the molecule is CCOC(=O)c1ccc(N2CCCN(C(=O)CSc3nc4ccccc4n3CC)CC2)nc1. The molecular weight excluding hydrogens is 438 g/mol. The fraction of sp³-hybridized carbons (Fsp3) is 0.417. The van der Waals surface area contributed by atoms with Gasteiger partial charge in [-0.15, -0.1) is 0 Å². The van der Waals surface area contributed by atoms with E-state index >= 15 is 0 Å². The zero-order valence-corrected chi connectivity index (χ0v) is 19.9. The van der Waals surface area contributed by atoms with Crippen LogP contribution in [0, 0.1) is 0 Å². The predicted octanol–water partition coefficient (Wildman–Crippen LogP) is 3.46. The maximum absolute atomic E-state index is 12.9. The molecule has 0 spiro atoms. The van der Waals surface area contributed by atoms with Gasteiger partial charge in [0.15, 0.2) is 5.16 Å². The van der Waals surface area contributed by atoms with Gasteiger partial charge in [0.25, 0.3) is 0 Å². The van der Waals surface area contributed by atoms with Crippen molar-refractivity contribution in [3.8, 4) is 0 Å². The summed E-state index contributed by atoms with van der Waals surface area (Å²) >= 11 is 1.50. The molecule has 0 bridgehead atoms. The molecule has 1 aromatic carbocycles. The zero-order valence-electron chi connectivity index (χ0n) is 19.1. The standard InChI is InChI=1S/C24H29N5O3S/c1-3-29-20-9-6-5-8-19(20)26-24(29)33-17-22(30)28-13-7-12-27(14-15-28)21-11-10-18(16-25-21)23(31)32-4-2/h5-6,8-11,16H,3-4,7,12-15,17H2,1-2H3. The highest BCUT2D eigenvalue weighted by Crippen LogP contribution is 2.24. The van der Waals surface area contributed by atoms with Crippen LogP contribution in [0.2, 0.25) is 0 Å². The van der Waals surface area contributed by atoms with E-state index in [1.807, 2.05) is 29.2 Å². The topological polar surface area (TPSA) is 80.6 Å². The van der Waals surface area contributed by atoms with E-state index in [1.54, 1.807) is 19.2 Å². The Balaban J connectivity index is 1.34. The third-order valence-corrected chi connectivity index (χ3v) is 6.65. The van der Waals surface area contributed by atoms with E-state index in [4.69, 9.17) is 9.72 Å². The molecule has 1 aliphatic heterocycles. The second kappa shape index (κ2) is 10.7. The van der Waals surface area contributed by atoms with E-state index in [9.17, 15) is 9.59 Å². The molecule has 1 saturated heterocycles. The number of imidazole rings is 1. The lowest BCUT2D eigenvalue weighted by molar-refractivity contribution is -0.128. The third-order valence-electron chi connectivity index (χ3n) is 5.69. The number of esters is 1. The molecule has 1 amide bonds. The number of hydrogen-bond acceptors (Lipinski definition) is 7. The molecule has 3 aromatic rings. The molecule has 174 valence electrons. The largest absolute Gasteiger partial charge is 0.462 e. The van der Waals surface area contributed by atoms with Crippen LogP contribution in [0.1, 0.15) is 30.6 Å². The lowest BCUT2D eigenvalue weighted by atomic mass is 10.2. The Hall–Kier alpha value is -3.07. The first-order valence-electron chi connectivity index (χ1n) is 11.3. The van der Waals surface area contributed by atoms with Crippen molar-refractivity contribution in [3.05, 3.63) is 48.2 Å². The lowest BCUT2D eigenvalue weighted by Gasteiger charge is -2.23. The summed E-state index contributed by atoms with van der Waals surface area (Å²) < 4.78 is 7.17. The maximum Gasteiger partial charge on any atom is 0.339 e. The molecule has 3 heterocycles. The smallest absolute Gasteiger partial charge is 0.339 e. The van der Waals surface area contributed by atoms with Gasteiger partial charge in [-0.25, -0.2) is 14.8 Å². The quantitative estimate of drug-likeness (QED) is 0.389. The van der Waals surface area contributed by atoms with Crippen LogP contribution >= 0.6 is 11.8 Å². The van der Waals surface area contributed by atoms with Crippen LogP contribution in [0.3, 0.4) is 0 Å². The summed E-state index contributed by atoms with van der Waals surface area (Å²) in [7, 11) is 0. The summed E-state index contributed by atoms with van der Waals surface area (Å²) in [5.41, 5.74) is 2.50. The molecule has 0 aliphatic carbocycles. The molecule has 0 N–H and O–H groups in total. The van der Waals surface area contributed by atoms with Crippen LogP contribution in [-0.4, -0.2) is 69.9 Å². The van der Waals surface area contributed by atoms with E-state index in [-0.39, 0.29) is 11.9 Å². The first kappa shape index (κ1) is 23.1. The molecule has 33 heavy (non-hydrogen) atoms. The van der Waals surface area contributed by atoms with Crippen molar-refractivity contribution in [2.75, 3.05) is 43.4 Å². The van der Waals surface area contributed by atoms with Gasteiger partial charge in [-0.2, -0.15) is 0 Å². The number of fused-ring (bicyclic) bond motifs is 1. The van der Waals surface area contributed by atoms with E-state index in [0.29, 0.717) is 31.0 Å². The highest BCUT2D eigenvalue weighted by molar-refractivity contribution is 7.99. The number of amides is 1. The fourth-order valence-corrected chi connectivity index (χ4v) is 4.97. The number of aryl methyl sites for hydroxylation is 1. The monoisotopic (exact) mass is 467 g/mol. The van der Waals surface area contributed by atoms with E-state index < -0.39 is 0 Å². The summed E-state index contributed by atoms with van der Waals surface area (Å²) in [5, 5.41) is 0.884. The predicted molar refractivity (Wildman–Crippen MR) is 130 cm³/mol. The number of benzene rings is 1. The number of anilines is 1. The van der Waals surface area contributed by atoms with Gasteiger partial charge in [0.05, 0.1) is 29.0 Å². The lowest BCUT2D eigenvalue weighted by Crippen LogP contribution is -2.36. The molecule has 9 heteroatoms. The van der Waals surface area contributed by atoms with Gasteiger partial charge in [-0.1, -0.05) is 23.9 Å². The Bertz CT molecular complexity index is 1110. The van der Waals surface area contributed by atoms with Gasteiger partial charge in [0.1, 0.15) is 5.82 Å². The van der Waals surface area contributed by atoms with Crippen LogP contribution < -0.4 is 4.90 Å². The Morgan fingerprint density at radius 1 is 1.06 bits per heavy atom. The number of ether oxygens (including phenoxy) is 1. The van der Waals surface area contributed by atoms with Crippen LogP contribution in [0.4, 0.5) is 5.82 Å². The molecule has 1 fully saturated rings. The number of rotatable bonds is 7. The molecule has 0 atom stereocenters. The molecule has 8 nitrogen and oxygen atoms in total. The second-order valence-corrected chi connectivity index (χ2v) is 8.71. The van der Waals surface area contributed by atoms with Crippen LogP contribution in [-0.2, 0) is 16.1 Å². The van der Waals surface area contributed by atoms with E-state index in [0.717, 1.165) is 48.1 Å². The highest BCUT2D eigenvalue weighted by Gasteiger charge is 2.21. The normalized spacial score (nSPS) is 14.4. The number of aromatic nitrogens is 3. The van der Waals surface area contributed by atoms with Crippen molar-refractivity contribution in [2.24, 2.45) is 0 Å². The van der Waals surface area contributed by atoms with Crippen LogP contribution in [0.15, 0.2) is 47.8 Å². The van der Waals surface area contributed by atoms with Gasteiger partial charge in [-0.05, 0) is 44.5 Å². The Labute approximate surface area is 197 Å². The van der Waals surface area contributed by atoms with Crippen molar-refractivity contribution >= 4 is 40.5 Å².